The molecule has 5 nitrogen and oxygen atoms in total. The summed E-state index contributed by atoms with van der Waals surface area (Å²) in [5.74, 6) is -0.0755. The van der Waals surface area contributed by atoms with Crippen molar-refractivity contribution >= 4 is 50.5 Å². The van der Waals surface area contributed by atoms with Crippen molar-refractivity contribution in [3.05, 3.63) is 0 Å². The summed E-state index contributed by atoms with van der Waals surface area (Å²) in [5.41, 5.74) is 0. The third-order valence-electron chi connectivity index (χ3n) is 5.27. The fourth-order valence-electron chi connectivity index (χ4n) is 3.56. The van der Waals surface area contributed by atoms with E-state index in [1.165, 1.54) is 51.4 Å². The van der Waals surface area contributed by atoms with Crippen LogP contribution in [0.3, 0.4) is 0 Å². The highest BCUT2D eigenvalue weighted by Crippen LogP contribution is 2.30. The lowest BCUT2D eigenvalue weighted by Crippen LogP contribution is -2.56. The number of carbonyl (C=O) groups excluding carboxylic acids is 1. The number of hydrogen-bond donors (Lipinski definition) is 2. The number of nitrogens with one attached hydrogen (secondary N) is 2. The maximum atomic E-state index is 12.2. The van der Waals surface area contributed by atoms with E-state index in [0.29, 0.717) is 12.8 Å². The van der Waals surface area contributed by atoms with Crippen molar-refractivity contribution in [1.82, 2.24) is 10.6 Å². The molecule has 0 spiro atoms. The van der Waals surface area contributed by atoms with Gasteiger partial charge in [0.05, 0.1) is 11.5 Å². The molecule has 0 aliphatic carbocycles. The van der Waals surface area contributed by atoms with Gasteiger partial charge in [-0.15, -0.1) is 0 Å². The van der Waals surface area contributed by atoms with E-state index in [-0.39, 0.29) is 23.5 Å². The number of alkyl halides is 3. The first kappa shape index (κ1) is 27.3. The predicted octanol–water partition coefficient (Wildman–Crippen LogP) is 5.28. The van der Waals surface area contributed by atoms with Crippen molar-refractivity contribution in [3.63, 3.8) is 0 Å². The smallest absolute Gasteiger partial charge is 0.223 e. The minimum atomic E-state index is -3.05. The van der Waals surface area contributed by atoms with Crippen LogP contribution in [0.2, 0.25) is 0 Å². The third kappa shape index (κ3) is 13.3. The van der Waals surface area contributed by atoms with E-state index in [2.05, 4.69) is 17.6 Å². The number of amides is 1. The Morgan fingerprint density at radius 3 is 1.93 bits per heavy atom. The number of carbonyl (C=O) groups is 1. The summed E-state index contributed by atoms with van der Waals surface area (Å²) < 4.78 is 21.4. The molecule has 0 radical (unpaired) electrons. The molecule has 1 rings (SSSR count). The quantitative estimate of drug-likeness (QED) is 0.186. The molecule has 1 fully saturated rings. The monoisotopic (exact) mass is 490 g/mol. The summed E-state index contributed by atoms with van der Waals surface area (Å²) in [4.78, 5) is 12.2. The summed E-state index contributed by atoms with van der Waals surface area (Å²) in [5, 5.41) is 5.68. The Labute approximate surface area is 191 Å². The molecule has 0 aromatic carbocycles. The lowest BCUT2D eigenvalue weighted by atomic mass is 10.1. The Hall–Kier alpha value is 0.250. The van der Waals surface area contributed by atoms with Gasteiger partial charge >= 0.3 is 0 Å². The van der Waals surface area contributed by atoms with Gasteiger partial charge < -0.3 is 5.32 Å². The van der Waals surface area contributed by atoms with Crippen LogP contribution in [0.15, 0.2) is 0 Å². The number of halogens is 3. The Bertz CT molecular complexity index is 568. The molecular formula is C20H37Cl3N2O3S. The summed E-state index contributed by atoms with van der Waals surface area (Å²) in [6.07, 6.45) is 13.3. The van der Waals surface area contributed by atoms with Crippen LogP contribution < -0.4 is 10.6 Å². The van der Waals surface area contributed by atoms with E-state index < -0.39 is 19.8 Å². The molecule has 0 bridgehead atoms. The van der Waals surface area contributed by atoms with Crippen LogP contribution in [-0.4, -0.2) is 41.8 Å². The highest BCUT2D eigenvalue weighted by Gasteiger charge is 2.38. The van der Waals surface area contributed by atoms with Gasteiger partial charge in [-0.3, -0.25) is 10.1 Å². The fourth-order valence-corrected chi connectivity index (χ4v) is 5.60. The minimum Gasteiger partial charge on any atom is -0.337 e. The van der Waals surface area contributed by atoms with Crippen LogP contribution >= 0.6 is 34.8 Å². The number of rotatable bonds is 15. The van der Waals surface area contributed by atoms with Crippen molar-refractivity contribution in [1.29, 1.82) is 0 Å². The second kappa shape index (κ2) is 14.3. The van der Waals surface area contributed by atoms with Gasteiger partial charge in [-0.2, -0.15) is 0 Å². The van der Waals surface area contributed by atoms with E-state index in [1.54, 1.807) is 0 Å². The van der Waals surface area contributed by atoms with Crippen molar-refractivity contribution in [2.75, 3.05) is 11.5 Å². The first-order chi connectivity index (χ1) is 13.6. The van der Waals surface area contributed by atoms with Gasteiger partial charge in [-0.1, -0.05) is 106 Å². The van der Waals surface area contributed by atoms with Crippen molar-refractivity contribution < 1.29 is 13.2 Å². The lowest BCUT2D eigenvalue weighted by molar-refractivity contribution is -0.122. The van der Waals surface area contributed by atoms with Gasteiger partial charge in [0.15, 0.2) is 9.84 Å². The highest BCUT2D eigenvalue weighted by molar-refractivity contribution is 7.91. The lowest BCUT2D eigenvalue weighted by Gasteiger charge is -2.29. The second-order valence-electron chi connectivity index (χ2n) is 8.09. The van der Waals surface area contributed by atoms with Crippen LogP contribution in [0.25, 0.3) is 0 Å². The van der Waals surface area contributed by atoms with E-state index in [4.69, 9.17) is 34.8 Å². The van der Waals surface area contributed by atoms with Crippen LogP contribution in [-0.2, 0) is 14.6 Å². The largest absolute Gasteiger partial charge is 0.337 e. The topological polar surface area (TPSA) is 75.3 Å². The molecule has 2 atom stereocenters. The van der Waals surface area contributed by atoms with Crippen LogP contribution in [0, 0.1) is 0 Å². The molecular weight excluding hydrogens is 455 g/mol. The molecule has 29 heavy (non-hydrogen) atoms. The third-order valence-corrected chi connectivity index (χ3v) is 7.70. The summed E-state index contributed by atoms with van der Waals surface area (Å²) in [6, 6.07) is -0.317. The Balaban J connectivity index is 2.16. The molecule has 172 valence electrons. The number of hydrogen-bond acceptors (Lipinski definition) is 4. The van der Waals surface area contributed by atoms with Crippen molar-refractivity contribution in [2.24, 2.45) is 0 Å². The average Bonchev–Trinajstić information content (AvgIpc) is 2.97. The average molecular weight is 492 g/mol. The standard InChI is InChI=1S/C20H37Cl3N2O3S/c1-2-3-4-5-6-7-8-9-10-11-12-13-18(26)25-19(20(21,22)23)24-17-14-15-29(27,28)16-17/h17,19,24H,2-16H2,1H3,(H,25,26)/t17-,19-/m1/s1. The van der Waals surface area contributed by atoms with E-state index in [9.17, 15) is 13.2 Å². The fraction of sp³-hybridized carbons (Fsp3) is 0.950. The first-order valence-corrected chi connectivity index (χ1v) is 13.9. The van der Waals surface area contributed by atoms with Crippen molar-refractivity contribution in [3.8, 4) is 0 Å². The Morgan fingerprint density at radius 1 is 0.966 bits per heavy atom. The van der Waals surface area contributed by atoms with Crippen LogP contribution in [0.4, 0.5) is 0 Å². The molecule has 0 aromatic heterocycles. The molecule has 2 N–H and O–H groups in total. The first-order valence-electron chi connectivity index (χ1n) is 11.0. The summed E-state index contributed by atoms with van der Waals surface area (Å²) >= 11 is 17.9. The van der Waals surface area contributed by atoms with Gasteiger partial charge in [-0.05, 0) is 12.8 Å². The molecule has 1 aliphatic rings. The second-order valence-corrected chi connectivity index (χ2v) is 12.7. The minimum absolute atomic E-state index is 0.00127. The van der Waals surface area contributed by atoms with Gasteiger partial charge in [-0.25, -0.2) is 8.42 Å². The number of sulfone groups is 1. The van der Waals surface area contributed by atoms with E-state index in [1.807, 2.05) is 0 Å². The number of unbranched alkanes of at least 4 members (excludes halogenated alkanes) is 10. The van der Waals surface area contributed by atoms with Gasteiger partial charge in [0.2, 0.25) is 9.70 Å². The SMILES string of the molecule is CCCCCCCCCCCCCC(=O)N[C@@H](N[C@@H]1CCS(=O)(=O)C1)C(Cl)(Cl)Cl. The molecule has 1 amide bonds. The van der Waals surface area contributed by atoms with E-state index in [0.717, 1.165) is 19.3 Å². The van der Waals surface area contributed by atoms with Crippen molar-refractivity contribution in [2.45, 2.75) is 106 Å². The zero-order valence-corrected chi connectivity index (χ0v) is 20.6. The maximum Gasteiger partial charge on any atom is 0.223 e. The predicted molar refractivity (Wildman–Crippen MR) is 123 cm³/mol. The Morgan fingerprint density at radius 2 is 1.48 bits per heavy atom. The zero-order chi connectivity index (χ0) is 21.8. The molecule has 0 saturated carbocycles. The van der Waals surface area contributed by atoms with Gasteiger partial charge in [0.25, 0.3) is 0 Å². The van der Waals surface area contributed by atoms with E-state index >= 15 is 0 Å². The molecule has 0 unspecified atom stereocenters. The zero-order valence-electron chi connectivity index (χ0n) is 17.5. The van der Waals surface area contributed by atoms with Gasteiger partial charge in [0, 0.05) is 12.5 Å². The molecule has 9 heteroatoms. The van der Waals surface area contributed by atoms with Crippen LogP contribution in [0.1, 0.15) is 90.4 Å². The summed E-state index contributed by atoms with van der Waals surface area (Å²) in [7, 11) is -3.05. The highest BCUT2D eigenvalue weighted by atomic mass is 35.6. The molecule has 1 saturated heterocycles. The normalized spacial score (nSPS) is 19.9. The molecule has 0 aromatic rings. The summed E-state index contributed by atoms with van der Waals surface area (Å²) in [6.45, 7) is 2.23. The van der Waals surface area contributed by atoms with Gasteiger partial charge in [0.1, 0.15) is 6.17 Å². The molecule has 1 heterocycles. The molecule has 1 aliphatic heterocycles. The maximum absolute atomic E-state index is 12.2. The Kier molecular flexibility index (Phi) is 13.5. The van der Waals surface area contributed by atoms with Crippen LogP contribution in [0.5, 0.6) is 0 Å².